The summed E-state index contributed by atoms with van der Waals surface area (Å²) in [5.74, 6) is -2.71. The summed E-state index contributed by atoms with van der Waals surface area (Å²) in [6.07, 6.45) is 0. The first-order valence-electron chi connectivity index (χ1n) is 9.41. The smallest absolute Gasteiger partial charge is 0.335 e. The third-order valence-corrected chi connectivity index (χ3v) is 7.68. The number of halogens is 1. The van der Waals surface area contributed by atoms with Crippen LogP contribution in [-0.2, 0) is 25.6 Å². The molecule has 0 bridgehead atoms. The summed E-state index contributed by atoms with van der Waals surface area (Å²) < 4.78 is 73.2. The number of rotatable bonds is 7. The van der Waals surface area contributed by atoms with Crippen molar-refractivity contribution in [3.8, 4) is 0 Å². The van der Waals surface area contributed by atoms with Crippen molar-refractivity contribution in [3.05, 3.63) is 89.7 Å². The number of benzene rings is 3. The zero-order valence-electron chi connectivity index (χ0n) is 16.7. The Hall–Kier alpha value is -3.70. The number of sulfone groups is 1. The van der Waals surface area contributed by atoms with Crippen LogP contribution < -0.4 is 4.72 Å². The lowest BCUT2D eigenvalue weighted by Crippen LogP contribution is -2.16. The van der Waals surface area contributed by atoms with Crippen LogP contribution in [0.2, 0.25) is 0 Å². The minimum atomic E-state index is -4.39. The minimum Gasteiger partial charge on any atom is -0.478 e. The van der Waals surface area contributed by atoms with Crippen LogP contribution in [0.3, 0.4) is 0 Å². The zero-order valence-corrected chi connectivity index (χ0v) is 18.4. The van der Waals surface area contributed by atoms with Gasteiger partial charge in [-0.15, -0.1) is 0 Å². The second-order valence-electron chi connectivity index (χ2n) is 7.11. The molecular weight excluding hydrogens is 473 g/mol. The quantitative estimate of drug-likeness (QED) is 0.375. The molecule has 0 spiro atoms. The number of aromatic carboxylic acids is 1. The van der Waals surface area contributed by atoms with E-state index < -0.39 is 53.1 Å². The van der Waals surface area contributed by atoms with E-state index in [2.05, 4.69) is 4.72 Å². The molecule has 0 atom stereocenters. The van der Waals surface area contributed by atoms with Crippen molar-refractivity contribution in [1.29, 1.82) is 0 Å². The molecule has 0 radical (unpaired) electrons. The highest BCUT2D eigenvalue weighted by Crippen LogP contribution is 2.30. The van der Waals surface area contributed by atoms with E-state index in [-0.39, 0.29) is 11.1 Å². The van der Waals surface area contributed by atoms with E-state index in [0.717, 1.165) is 18.2 Å². The van der Waals surface area contributed by atoms with Crippen molar-refractivity contribution < 1.29 is 35.5 Å². The molecule has 4 rings (SSSR count). The summed E-state index contributed by atoms with van der Waals surface area (Å²) in [6.45, 7) is 0. The van der Waals surface area contributed by atoms with Crippen LogP contribution in [0.5, 0.6) is 0 Å². The average molecular weight is 490 g/mol. The maximum absolute atomic E-state index is 13.9. The largest absolute Gasteiger partial charge is 0.478 e. The third kappa shape index (κ3) is 4.73. The minimum absolute atomic E-state index is 0.104. The summed E-state index contributed by atoms with van der Waals surface area (Å²) >= 11 is 0. The number of anilines is 1. The molecule has 0 fully saturated rings. The molecule has 8 nitrogen and oxygen atoms in total. The SMILES string of the molecule is O=C(O)c1cccc(CS(=O)(=O)c2ccc(F)cc2NS(=O)(=O)c2cc3ccccc3o2)c1. The summed E-state index contributed by atoms with van der Waals surface area (Å²) in [4.78, 5) is 10.7. The van der Waals surface area contributed by atoms with Crippen LogP contribution in [-0.4, -0.2) is 27.9 Å². The molecule has 0 amide bonds. The highest BCUT2D eigenvalue weighted by Gasteiger charge is 2.26. The molecule has 0 aliphatic carbocycles. The fraction of sp³-hybridized carbons (Fsp3) is 0.0455. The molecule has 4 aromatic rings. The van der Waals surface area contributed by atoms with E-state index in [1.54, 1.807) is 24.3 Å². The molecule has 1 aromatic heterocycles. The van der Waals surface area contributed by atoms with Gasteiger partial charge in [-0.3, -0.25) is 4.72 Å². The van der Waals surface area contributed by atoms with Crippen LogP contribution in [0.1, 0.15) is 15.9 Å². The zero-order chi connectivity index (χ0) is 23.8. The maximum atomic E-state index is 13.9. The third-order valence-electron chi connectivity index (χ3n) is 4.72. The second kappa shape index (κ2) is 8.34. The molecule has 11 heteroatoms. The number of carboxylic acid groups (broad SMARTS) is 1. The standard InChI is InChI=1S/C22H16FNO7S2/c23-17-8-9-20(32(27,28)13-14-4-3-6-16(10-14)22(25)26)18(12-17)24-33(29,30)21-11-15-5-1-2-7-19(15)31-21/h1-12,24H,13H2,(H,25,26). The van der Waals surface area contributed by atoms with Crippen LogP contribution in [0.4, 0.5) is 10.1 Å². The normalized spacial score (nSPS) is 12.0. The molecule has 0 saturated heterocycles. The van der Waals surface area contributed by atoms with Crippen LogP contribution in [0.25, 0.3) is 11.0 Å². The van der Waals surface area contributed by atoms with E-state index in [4.69, 9.17) is 9.52 Å². The van der Waals surface area contributed by atoms with Crippen molar-refractivity contribution in [2.45, 2.75) is 15.7 Å². The number of carboxylic acids is 1. The van der Waals surface area contributed by atoms with Gasteiger partial charge in [0.05, 0.1) is 21.9 Å². The van der Waals surface area contributed by atoms with E-state index in [1.807, 2.05) is 0 Å². The summed E-state index contributed by atoms with van der Waals surface area (Å²) in [7, 11) is -8.59. The van der Waals surface area contributed by atoms with Crippen molar-refractivity contribution in [3.63, 3.8) is 0 Å². The first-order chi connectivity index (χ1) is 15.5. The van der Waals surface area contributed by atoms with E-state index in [9.17, 15) is 26.0 Å². The Balaban J connectivity index is 1.71. The lowest BCUT2D eigenvalue weighted by Gasteiger charge is -2.13. The average Bonchev–Trinajstić information content (AvgIpc) is 3.18. The van der Waals surface area contributed by atoms with Gasteiger partial charge in [-0.25, -0.2) is 17.6 Å². The van der Waals surface area contributed by atoms with Gasteiger partial charge >= 0.3 is 5.97 Å². The van der Waals surface area contributed by atoms with Crippen molar-refractivity contribution in [2.24, 2.45) is 0 Å². The van der Waals surface area contributed by atoms with E-state index in [0.29, 0.717) is 11.0 Å². The lowest BCUT2D eigenvalue weighted by molar-refractivity contribution is 0.0696. The van der Waals surface area contributed by atoms with Gasteiger partial charge in [0.1, 0.15) is 11.4 Å². The Morgan fingerprint density at radius 2 is 1.70 bits per heavy atom. The van der Waals surface area contributed by atoms with E-state index in [1.165, 1.54) is 30.3 Å². The van der Waals surface area contributed by atoms with Crippen LogP contribution >= 0.6 is 0 Å². The highest BCUT2D eigenvalue weighted by molar-refractivity contribution is 7.93. The van der Waals surface area contributed by atoms with Gasteiger partial charge in [0.25, 0.3) is 10.0 Å². The predicted octanol–water partition coefficient (Wildman–Crippen LogP) is 4.04. The molecule has 170 valence electrons. The molecular formula is C22H16FNO7S2. The molecule has 0 aliphatic heterocycles. The van der Waals surface area contributed by atoms with Gasteiger partial charge in [-0.2, -0.15) is 8.42 Å². The number of carbonyl (C=O) groups is 1. The lowest BCUT2D eigenvalue weighted by atomic mass is 10.1. The topological polar surface area (TPSA) is 131 Å². The number of hydrogen-bond donors (Lipinski definition) is 2. The molecule has 33 heavy (non-hydrogen) atoms. The predicted molar refractivity (Wildman–Crippen MR) is 118 cm³/mol. The summed E-state index contributed by atoms with van der Waals surface area (Å²) in [5.41, 5.74) is -0.119. The van der Waals surface area contributed by atoms with Gasteiger partial charge in [-0.05, 0) is 42.0 Å². The first kappa shape index (κ1) is 22.5. The number of nitrogens with one attached hydrogen (secondary N) is 1. The van der Waals surface area contributed by atoms with Gasteiger partial charge in [-0.1, -0.05) is 30.3 Å². The molecule has 2 N–H and O–H groups in total. The maximum Gasteiger partial charge on any atom is 0.335 e. The van der Waals surface area contributed by atoms with Crippen molar-refractivity contribution >= 4 is 42.5 Å². The molecule has 3 aromatic carbocycles. The van der Waals surface area contributed by atoms with Crippen LogP contribution in [0.15, 0.2) is 87.2 Å². The Kier molecular flexibility index (Phi) is 5.68. The van der Waals surface area contributed by atoms with Gasteiger partial charge in [0.15, 0.2) is 9.84 Å². The number of furan rings is 1. The van der Waals surface area contributed by atoms with Crippen molar-refractivity contribution in [2.75, 3.05) is 4.72 Å². The number of fused-ring (bicyclic) bond motifs is 1. The monoisotopic (exact) mass is 489 g/mol. The highest BCUT2D eigenvalue weighted by atomic mass is 32.2. The van der Waals surface area contributed by atoms with Gasteiger partial charge in [0.2, 0.25) is 5.09 Å². The molecule has 0 aliphatic rings. The number of para-hydroxylation sites is 1. The van der Waals surface area contributed by atoms with Crippen LogP contribution in [0, 0.1) is 5.82 Å². The Morgan fingerprint density at radius 1 is 0.939 bits per heavy atom. The summed E-state index contributed by atoms with van der Waals surface area (Å²) in [6, 6.07) is 15.7. The first-order valence-corrected chi connectivity index (χ1v) is 12.5. The summed E-state index contributed by atoms with van der Waals surface area (Å²) in [5, 5.41) is 9.16. The number of sulfonamides is 1. The molecule has 1 heterocycles. The second-order valence-corrected chi connectivity index (χ2v) is 10.7. The molecule has 0 unspecified atom stereocenters. The Morgan fingerprint density at radius 3 is 2.42 bits per heavy atom. The molecule has 0 saturated carbocycles. The fourth-order valence-corrected chi connectivity index (χ4v) is 5.83. The number of hydrogen-bond acceptors (Lipinski definition) is 6. The van der Waals surface area contributed by atoms with Crippen molar-refractivity contribution in [1.82, 2.24) is 0 Å². The fourth-order valence-electron chi connectivity index (χ4n) is 3.23. The van der Waals surface area contributed by atoms with Gasteiger partial charge < -0.3 is 9.52 Å². The van der Waals surface area contributed by atoms with Gasteiger partial charge in [0, 0.05) is 11.5 Å². The Labute approximate surface area is 188 Å². The Bertz CT molecular complexity index is 1560. The van der Waals surface area contributed by atoms with E-state index >= 15 is 0 Å².